The van der Waals surface area contributed by atoms with E-state index in [1.807, 2.05) is 0 Å². The van der Waals surface area contributed by atoms with E-state index in [1.54, 1.807) is 0 Å². The summed E-state index contributed by atoms with van der Waals surface area (Å²) in [7, 11) is 0. The Kier molecular flexibility index (Phi) is 8.83. The van der Waals surface area contributed by atoms with E-state index in [0.717, 1.165) is 44.8 Å². The first-order valence-electron chi connectivity index (χ1n) is 19.7. The molecular weight excluding hydrogens is 760 g/mol. The molecule has 1 aliphatic carbocycles. The number of halogens is 5. The Labute approximate surface area is 330 Å². The van der Waals surface area contributed by atoms with Crippen molar-refractivity contribution in [3.63, 3.8) is 0 Å². The Morgan fingerprint density at radius 3 is 2.59 bits per heavy atom. The van der Waals surface area contributed by atoms with Crippen LogP contribution < -0.4 is 19.7 Å². The van der Waals surface area contributed by atoms with Crippen LogP contribution in [-0.4, -0.2) is 91.9 Å². The fraction of sp³-hybridized carbons (Fsp3) is 0.452. The van der Waals surface area contributed by atoms with Crippen molar-refractivity contribution in [3.8, 4) is 41.2 Å². The molecule has 0 unspecified atom stereocenters. The molecule has 3 atom stereocenters. The summed E-state index contributed by atoms with van der Waals surface area (Å²) in [5, 5.41) is 15.7. The molecule has 0 spiro atoms. The topological polar surface area (TPSA) is 122 Å². The Bertz CT molecular complexity index is 2500. The molecular formula is C42H39F5N8O3. The van der Waals surface area contributed by atoms with E-state index in [0.29, 0.717) is 67.8 Å². The summed E-state index contributed by atoms with van der Waals surface area (Å²) >= 11 is 0. The summed E-state index contributed by atoms with van der Waals surface area (Å²) < 4.78 is 83.9. The number of piperidine rings is 1. The molecule has 2 aromatic carbocycles. The summed E-state index contributed by atoms with van der Waals surface area (Å²) in [6, 6.07) is 7.53. The molecule has 3 aromatic heterocycles. The highest BCUT2D eigenvalue weighted by Crippen LogP contribution is 2.48. The Morgan fingerprint density at radius 1 is 0.983 bits per heavy atom. The van der Waals surface area contributed by atoms with Crippen molar-refractivity contribution < 1.29 is 36.5 Å². The molecule has 4 aliphatic heterocycles. The van der Waals surface area contributed by atoms with Gasteiger partial charge in [-0.3, -0.25) is 0 Å². The third-order valence-corrected chi connectivity index (χ3v) is 12.5. The van der Waals surface area contributed by atoms with Gasteiger partial charge in [-0.2, -0.15) is 28.1 Å². The molecule has 0 amide bonds. The molecule has 0 radical (unpaired) electrons. The van der Waals surface area contributed by atoms with Gasteiger partial charge < -0.3 is 29.7 Å². The number of phenols is 1. The number of aromatic hydroxyl groups is 1. The monoisotopic (exact) mass is 798 g/mol. The number of pyridine rings is 1. The minimum atomic E-state index is -4.65. The molecule has 2 bridgehead atoms. The number of fused-ring (bicyclic) bond motifs is 6. The molecule has 16 heteroatoms. The van der Waals surface area contributed by atoms with Crippen molar-refractivity contribution in [2.24, 2.45) is 5.41 Å². The SMILES string of the molecule is C#Cc1c(F)ccc2cc(O)cc(-c3nc4c5c(nc(OCC6(CN7CCC(Oc8ccnc(C(F)(F)F)n8)CC7)CC6)nc5c3F)N3C[C@H]5CC[C@H](N5)[C@H]3CC4)c12. The minimum Gasteiger partial charge on any atom is -0.508 e. The summed E-state index contributed by atoms with van der Waals surface area (Å²) in [5.74, 6) is 0.146. The number of terminal acetylenes is 1. The van der Waals surface area contributed by atoms with Crippen LogP contribution in [0.25, 0.3) is 32.9 Å². The average Bonchev–Trinajstić information content (AvgIpc) is 3.90. The van der Waals surface area contributed by atoms with Gasteiger partial charge in [0.1, 0.15) is 34.7 Å². The molecule has 300 valence electrons. The summed E-state index contributed by atoms with van der Waals surface area (Å²) in [4.78, 5) is 26.1. The maximum atomic E-state index is 17.3. The fourth-order valence-electron chi connectivity index (χ4n) is 9.48. The van der Waals surface area contributed by atoms with Gasteiger partial charge in [0, 0.05) is 72.9 Å². The van der Waals surface area contributed by atoms with Gasteiger partial charge in [0.05, 0.1) is 23.3 Å². The van der Waals surface area contributed by atoms with Crippen molar-refractivity contribution in [1.82, 2.24) is 35.1 Å². The number of rotatable bonds is 8. The second kappa shape index (κ2) is 13.9. The lowest BCUT2D eigenvalue weighted by Gasteiger charge is -2.41. The van der Waals surface area contributed by atoms with Crippen molar-refractivity contribution in [1.29, 1.82) is 0 Å². The van der Waals surface area contributed by atoms with Crippen LogP contribution in [0.1, 0.15) is 62.0 Å². The number of nitrogens with zero attached hydrogens (tertiary/aromatic N) is 7. The fourth-order valence-corrected chi connectivity index (χ4v) is 9.48. The third kappa shape index (κ3) is 6.57. The predicted octanol–water partition coefficient (Wildman–Crippen LogP) is 6.58. The maximum absolute atomic E-state index is 17.3. The lowest BCUT2D eigenvalue weighted by Crippen LogP contribution is -2.58. The second-order valence-electron chi connectivity index (χ2n) is 16.3. The standard InChI is InChI=1S/C42H39F5N8O3/c1-2-26-28(43)5-3-22-17-24(56)18-27(33(22)26)36-35(44)37-34-30(50-36)7-8-31-29-6-4-23(49-29)19-55(31)38(34)53-40(52-37)57-21-41(12-13-41)20-54-15-10-25(11-16-54)58-32-9-14-48-39(51-32)42(45,46)47/h1,3,5,9,14,17-18,23,25,29,31,49,56H,4,6-8,10-13,15-16,19-21H2/t23-,29+,31-/m1/s1. The van der Waals surface area contributed by atoms with Crippen LogP contribution in [0, 0.1) is 29.4 Å². The Morgan fingerprint density at radius 2 is 1.81 bits per heavy atom. The number of hydrogen-bond acceptors (Lipinski definition) is 11. The number of piperazine rings is 1. The van der Waals surface area contributed by atoms with Crippen molar-refractivity contribution in [3.05, 3.63) is 65.2 Å². The first kappa shape index (κ1) is 36.9. The molecule has 2 N–H and O–H groups in total. The number of aromatic nitrogens is 5. The van der Waals surface area contributed by atoms with E-state index >= 15 is 8.78 Å². The Hall–Kier alpha value is -5.40. The number of alkyl halides is 3. The quantitative estimate of drug-likeness (QED) is 0.131. The van der Waals surface area contributed by atoms with Gasteiger partial charge in [0.2, 0.25) is 11.7 Å². The van der Waals surface area contributed by atoms with E-state index in [-0.39, 0.29) is 75.0 Å². The highest BCUT2D eigenvalue weighted by Gasteiger charge is 2.47. The van der Waals surface area contributed by atoms with Gasteiger partial charge in [-0.1, -0.05) is 12.0 Å². The zero-order chi connectivity index (χ0) is 39.9. The van der Waals surface area contributed by atoms with Crippen LogP contribution in [-0.2, 0) is 12.6 Å². The lowest BCUT2D eigenvalue weighted by atomic mass is 9.95. The molecule has 5 aliphatic rings. The van der Waals surface area contributed by atoms with Crippen molar-refractivity contribution >= 4 is 27.5 Å². The summed E-state index contributed by atoms with van der Waals surface area (Å²) in [6.45, 7) is 3.11. The number of nitrogens with one attached hydrogen (secondary N) is 1. The Balaban J connectivity index is 0.944. The van der Waals surface area contributed by atoms with Gasteiger partial charge in [-0.15, -0.1) is 6.42 Å². The van der Waals surface area contributed by atoms with Gasteiger partial charge in [-0.25, -0.2) is 18.7 Å². The van der Waals surface area contributed by atoms with Gasteiger partial charge in [0.15, 0.2) is 5.82 Å². The van der Waals surface area contributed by atoms with Crippen LogP contribution in [0.15, 0.2) is 36.5 Å². The highest BCUT2D eigenvalue weighted by atomic mass is 19.4. The summed E-state index contributed by atoms with van der Waals surface area (Å²) in [6.07, 6.45) is 8.30. The maximum Gasteiger partial charge on any atom is 0.451 e. The van der Waals surface area contributed by atoms with E-state index < -0.39 is 23.6 Å². The first-order valence-corrected chi connectivity index (χ1v) is 19.7. The predicted molar refractivity (Wildman–Crippen MR) is 203 cm³/mol. The van der Waals surface area contributed by atoms with Gasteiger partial charge >= 0.3 is 12.2 Å². The van der Waals surface area contributed by atoms with Crippen molar-refractivity contribution in [2.45, 2.75) is 81.8 Å². The molecule has 1 saturated carbocycles. The van der Waals surface area contributed by atoms with E-state index in [1.165, 1.54) is 30.3 Å². The second-order valence-corrected chi connectivity index (χ2v) is 16.3. The normalized spacial score (nSPS) is 22.8. The molecule has 5 aromatic rings. The summed E-state index contributed by atoms with van der Waals surface area (Å²) in [5.41, 5.74) is 0.501. The molecule has 10 rings (SSSR count). The van der Waals surface area contributed by atoms with Gasteiger partial charge in [-0.05, 0) is 75.0 Å². The molecule has 4 fully saturated rings. The van der Waals surface area contributed by atoms with E-state index in [4.69, 9.17) is 30.8 Å². The molecule has 3 saturated heterocycles. The van der Waals surface area contributed by atoms with Crippen molar-refractivity contribution in [2.75, 3.05) is 37.7 Å². The largest absolute Gasteiger partial charge is 0.508 e. The number of benzene rings is 2. The van der Waals surface area contributed by atoms with Crippen LogP contribution >= 0.6 is 0 Å². The van der Waals surface area contributed by atoms with Crippen LogP contribution in [0.2, 0.25) is 0 Å². The van der Waals surface area contributed by atoms with Gasteiger partial charge in [0.25, 0.3) is 0 Å². The third-order valence-electron chi connectivity index (χ3n) is 12.5. The van der Waals surface area contributed by atoms with E-state index in [2.05, 4.69) is 31.0 Å². The zero-order valence-corrected chi connectivity index (χ0v) is 31.3. The minimum absolute atomic E-state index is 0.0413. The number of likely N-dealkylation sites (tertiary alicyclic amines) is 1. The smallest absolute Gasteiger partial charge is 0.451 e. The molecule has 58 heavy (non-hydrogen) atoms. The molecule has 11 nitrogen and oxygen atoms in total. The zero-order valence-electron chi connectivity index (χ0n) is 31.3. The lowest BCUT2D eigenvalue weighted by molar-refractivity contribution is -0.145. The first-order chi connectivity index (χ1) is 27.9. The number of ether oxygens (including phenoxy) is 2. The number of phenolic OH excluding ortho intramolecular Hbond substituents is 1. The highest BCUT2D eigenvalue weighted by molar-refractivity contribution is 6.03. The van der Waals surface area contributed by atoms with Crippen LogP contribution in [0.4, 0.5) is 27.8 Å². The number of anilines is 1. The van der Waals surface area contributed by atoms with Crippen LogP contribution in [0.5, 0.6) is 17.6 Å². The average molecular weight is 799 g/mol. The number of hydrogen-bond donors (Lipinski definition) is 2. The van der Waals surface area contributed by atoms with E-state index in [9.17, 15) is 18.3 Å². The van der Waals surface area contributed by atoms with Crippen LogP contribution in [0.3, 0.4) is 0 Å². The number of aryl methyl sites for hydroxylation is 1. The molecule has 7 heterocycles.